The normalized spacial score (nSPS) is 20.9. The van der Waals surface area contributed by atoms with Crippen LogP contribution in [0.1, 0.15) is 49.3 Å². The van der Waals surface area contributed by atoms with Crippen LogP contribution in [0.3, 0.4) is 0 Å². The number of fused-ring (bicyclic) bond motifs is 8. The van der Waals surface area contributed by atoms with Gasteiger partial charge in [0, 0.05) is 22.1 Å². The van der Waals surface area contributed by atoms with E-state index < -0.39 is 0 Å². The van der Waals surface area contributed by atoms with Gasteiger partial charge in [-0.25, -0.2) is 15.0 Å². The first-order valence-electron chi connectivity index (χ1n) is 17.0. The molecule has 6 aromatic rings. The summed E-state index contributed by atoms with van der Waals surface area (Å²) in [5, 5.41) is 0. The van der Waals surface area contributed by atoms with Gasteiger partial charge in [0.1, 0.15) is 0 Å². The molecule has 228 valence electrons. The summed E-state index contributed by atoms with van der Waals surface area (Å²) in [6, 6.07) is 43.5. The third-order valence-electron chi connectivity index (χ3n) is 10.7. The van der Waals surface area contributed by atoms with Crippen molar-refractivity contribution in [2.75, 3.05) is 0 Å². The zero-order valence-electron chi connectivity index (χ0n) is 26.9. The number of hydrogen-bond donors (Lipinski definition) is 0. The Morgan fingerprint density at radius 1 is 0.574 bits per heavy atom. The smallest absolute Gasteiger partial charge is 0.164 e. The van der Waals surface area contributed by atoms with E-state index in [-0.39, 0.29) is 5.41 Å². The Kier molecular flexibility index (Phi) is 6.57. The van der Waals surface area contributed by atoms with E-state index in [0.29, 0.717) is 23.4 Å². The molecule has 3 aliphatic carbocycles. The highest BCUT2D eigenvalue weighted by atomic mass is 15.0. The summed E-state index contributed by atoms with van der Waals surface area (Å²) in [6.45, 7) is 4.58. The Balaban J connectivity index is 1.19. The van der Waals surface area contributed by atoms with Crippen LogP contribution in [0.5, 0.6) is 0 Å². The van der Waals surface area contributed by atoms with Crippen LogP contribution in [-0.2, 0) is 5.41 Å². The van der Waals surface area contributed by atoms with E-state index in [2.05, 4.69) is 105 Å². The lowest BCUT2D eigenvalue weighted by atomic mass is 9.58. The molecule has 3 nitrogen and oxygen atoms in total. The number of allylic oxidation sites excluding steroid dienone is 2. The molecule has 1 saturated carbocycles. The lowest BCUT2D eigenvalue weighted by molar-refractivity contribution is 0.284. The molecule has 2 bridgehead atoms. The lowest BCUT2D eigenvalue weighted by Gasteiger charge is -2.45. The molecular weight excluding hydrogens is 571 g/mol. The number of aryl methyl sites for hydroxylation is 1. The molecule has 1 spiro atoms. The Morgan fingerprint density at radius 3 is 1.91 bits per heavy atom. The quantitative estimate of drug-likeness (QED) is 0.187. The largest absolute Gasteiger partial charge is 0.208 e. The van der Waals surface area contributed by atoms with Gasteiger partial charge in [-0.3, -0.25) is 0 Å². The highest BCUT2D eigenvalue weighted by Gasteiger charge is 2.49. The first-order chi connectivity index (χ1) is 23.0. The molecule has 3 aliphatic rings. The molecule has 0 amide bonds. The minimum atomic E-state index is -0.0247. The summed E-state index contributed by atoms with van der Waals surface area (Å²) < 4.78 is 0. The van der Waals surface area contributed by atoms with E-state index in [0.717, 1.165) is 22.6 Å². The van der Waals surface area contributed by atoms with E-state index in [1.54, 1.807) is 5.57 Å². The number of hydrogen-bond acceptors (Lipinski definition) is 3. The van der Waals surface area contributed by atoms with Gasteiger partial charge in [0.25, 0.3) is 0 Å². The van der Waals surface area contributed by atoms with Crippen LogP contribution in [0.25, 0.3) is 56.4 Å². The van der Waals surface area contributed by atoms with Crippen molar-refractivity contribution in [1.29, 1.82) is 0 Å². The molecule has 0 radical (unpaired) electrons. The summed E-state index contributed by atoms with van der Waals surface area (Å²) in [7, 11) is 0. The van der Waals surface area contributed by atoms with Crippen molar-refractivity contribution in [3.05, 3.63) is 150 Å². The molecular formula is C44H37N3. The molecule has 3 heteroatoms. The van der Waals surface area contributed by atoms with Crippen molar-refractivity contribution in [1.82, 2.24) is 15.0 Å². The fraction of sp³-hybridized carbons (Fsp3) is 0.205. The highest BCUT2D eigenvalue weighted by Crippen LogP contribution is 2.61. The Morgan fingerprint density at radius 2 is 1.19 bits per heavy atom. The van der Waals surface area contributed by atoms with Crippen molar-refractivity contribution in [3.63, 3.8) is 0 Å². The number of rotatable bonds is 4. The summed E-state index contributed by atoms with van der Waals surface area (Å²) >= 11 is 0. The van der Waals surface area contributed by atoms with Crippen molar-refractivity contribution in [2.24, 2.45) is 11.8 Å². The maximum absolute atomic E-state index is 5.04. The molecule has 0 saturated heterocycles. The van der Waals surface area contributed by atoms with Crippen LogP contribution in [-0.4, -0.2) is 15.0 Å². The van der Waals surface area contributed by atoms with Gasteiger partial charge in [-0.15, -0.1) is 0 Å². The van der Waals surface area contributed by atoms with Crippen LogP contribution in [0, 0.1) is 18.8 Å². The molecule has 3 atom stereocenters. The molecule has 0 N–H and O–H groups in total. The predicted molar refractivity (Wildman–Crippen MR) is 192 cm³/mol. The van der Waals surface area contributed by atoms with Gasteiger partial charge in [0.05, 0.1) is 0 Å². The molecule has 1 aromatic heterocycles. The second-order valence-corrected chi connectivity index (χ2v) is 13.9. The minimum absolute atomic E-state index is 0.0247. The predicted octanol–water partition coefficient (Wildman–Crippen LogP) is 10.9. The van der Waals surface area contributed by atoms with Crippen molar-refractivity contribution < 1.29 is 0 Å². The average molecular weight is 608 g/mol. The molecule has 47 heavy (non-hydrogen) atoms. The van der Waals surface area contributed by atoms with Crippen LogP contribution in [0.4, 0.5) is 0 Å². The first kappa shape index (κ1) is 28.1. The first-order valence-corrected chi connectivity index (χ1v) is 17.0. The van der Waals surface area contributed by atoms with Crippen molar-refractivity contribution in [3.8, 4) is 56.4 Å². The monoisotopic (exact) mass is 607 g/mol. The summed E-state index contributed by atoms with van der Waals surface area (Å²) in [6.07, 6.45) is 7.66. The Hall–Kier alpha value is -5.15. The van der Waals surface area contributed by atoms with Crippen LogP contribution in [0.2, 0.25) is 0 Å². The molecule has 1 fully saturated rings. The standard InChI is InChI=1S/C44H37N3/c1-28-21-30-19-20-44(36(24-28)25-30)39-16-10-9-15-37(39)38-18-17-33(27-40(38)44)34-22-29(2)23-35(26-34)43-46-41(31-11-5-3-6-12-31)45-42(47-43)32-13-7-4-8-14-32/h3-18,22-24,26-28,30H,19-21,25H2,1-2H3. The summed E-state index contributed by atoms with van der Waals surface area (Å²) in [4.78, 5) is 15.0. The molecule has 0 aliphatic heterocycles. The van der Waals surface area contributed by atoms with Gasteiger partial charge in [-0.05, 0) is 102 Å². The van der Waals surface area contributed by atoms with E-state index >= 15 is 0 Å². The Bertz CT molecular complexity index is 2120. The van der Waals surface area contributed by atoms with Crippen LogP contribution >= 0.6 is 0 Å². The van der Waals surface area contributed by atoms with Crippen molar-refractivity contribution >= 4 is 0 Å². The van der Waals surface area contributed by atoms with E-state index in [4.69, 9.17) is 15.0 Å². The van der Waals surface area contributed by atoms with Gasteiger partial charge < -0.3 is 0 Å². The fourth-order valence-electron chi connectivity index (χ4n) is 8.70. The second-order valence-electron chi connectivity index (χ2n) is 13.9. The molecule has 9 rings (SSSR count). The molecule has 5 aromatic carbocycles. The maximum atomic E-state index is 5.04. The topological polar surface area (TPSA) is 38.7 Å². The molecule has 1 heterocycles. The number of benzene rings is 5. The van der Waals surface area contributed by atoms with Crippen LogP contribution < -0.4 is 0 Å². The van der Waals surface area contributed by atoms with E-state index in [9.17, 15) is 0 Å². The zero-order chi connectivity index (χ0) is 31.5. The maximum Gasteiger partial charge on any atom is 0.164 e. The number of nitrogens with zero attached hydrogens (tertiary/aromatic N) is 3. The third kappa shape index (κ3) is 4.67. The summed E-state index contributed by atoms with van der Waals surface area (Å²) in [5.41, 5.74) is 14.0. The highest BCUT2D eigenvalue weighted by molar-refractivity contribution is 5.86. The lowest BCUT2D eigenvalue weighted by Crippen LogP contribution is -2.36. The third-order valence-corrected chi connectivity index (χ3v) is 10.7. The van der Waals surface area contributed by atoms with Crippen molar-refractivity contribution in [2.45, 2.75) is 44.9 Å². The minimum Gasteiger partial charge on any atom is -0.208 e. The zero-order valence-corrected chi connectivity index (χ0v) is 26.9. The van der Waals surface area contributed by atoms with Gasteiger partial charge in [0.2, 0.25) is 0 Å². The van der Waals surface area contributed by atoms with Gasteiger partial charge in [0.15, 0.2) is 17.5 Å². The number of aromatic nitrogens is 3. The Labute approximate surface area is 277 Å². The van der Waals surface area contributed by atoms with E-state index in [1.165, 1.54) is 64.6 Å². The van der Waals surface area contributed by atoms with Crippen LogP contribution in [0.15, 0.2) is 133 Å². The molecule has 3 unspecified atom stereocenters. The van der Waals surface area contributed by atoms with Gasteiger partial charge in [-0.1, -0.05) is 122 Å². The van der Waals surface area contributed by atoms with E-state index in [1.807, 2.05) is 36.4 Å². The summed E-state index contributed by atoms with van der Waals surface area (Å²) in [5.74, 6) is 3.51. The second kappa shape index (κ2) is 11.0. The SMILES string of the molecule is Cc1cc(-c2ccc3c(c2)C2(CCC4CC2=CC(C)C4)c2ccccc2-3)cc(-c2nc(-c3ccccc3)nc(-c3ccccc3)n2)c1. The average Bonchev–Trinajstić information content (AvgIpc) is 3.40. The van der Waals surface area contributed by atoms with Gasteiger partial charge >= 0.3 is 0 Å². The fourth-order valence-corrected chi connectivity index (χ4v) is 8.70. The van der Waals surface area contributed by atoms with Gasteiger partial charge in [-0.2, -0.15) is 0 Å².